The third-order valence-electron chi connectivity index (χ3n) is 2.87. The minimum atomic E-state index is -0.438. The van der Waals surface area contributed by atoms with Crippen molar-refractivity contribution >= 4 is 23.4 Å². The maximum atomic E-state index is 13.5. The summed E-state index contributed by atoms with van der Waals surface area (Å²) in [5.41, 5.74) is 0.199. The van der Waals surface area contributed by atoms with Crippen molar-refractivity contribution in [1.29, 1.82) is 0 Å². The number of anilines is 1. The van der Waals surface area contributed by atoms with Gasteiger partial charge in [0.05, 0.1) is 18.0 Å². The zero-order chi connectivity index (χ0) is 15.2. The van der Waals surface area contributed by atoms with Crippen LogP contribution in [0.2, 0.25) is 0 Å². The maximum absolute atomic E-state index is 13.5. The van der Waals surface area contributed by atoms with Crippen LogP contribution in [0.4, 0.5) is 10.1 Å². The lowest BCUT2D eigenvalue weighted by molar-refractivity contribution is -0.115. The normalized spacial score (nSPS) is 11.8. The number of carbonyl (C=O) groups excluding carboxylic acids is 1. The van der Waals surface area contributed by atoms with Crippen molar-refractivity contribution in [3.8, 4) is 5.75 Å². The second-order valence-corrected chi connectivity index (χ2v) is 5.82. The Morgan fingerprint density at radius 1 is 1.19 bits per heavy atom. The van der Waals surface area contributed by atoms with Crippen LogP contribution in [-0.4, -0.2) is 18.3 Å². The van der Waals surface area contributed by atoms with Crippen molar-refractivity contribution < 1.29 is 13.9 Å². The van der Waals surface area contributed by atoms with E-state index in [9.17, 15) is 9.18 Å². The number of hydrogen-bond donors (Lipinski definition) is 1. The summed E-state index contributed by atoms with van der Waals surface area (Å²) in [6, 6.07) is 13.6. The molecule has 3 nitrogen and oxygen atoms in total. The first kappa shape index (κ1) is 15.4. The number of carbonyl (C=O) groups is 1. The topological polar surface area (TPSA) is 38.3 Å². The Balaban J connectivity index is 1.97. The molecule has 0 aliphatic heterocycles. The van der Waals surface area contributed by atoms with Gasteiger partial charge in [0, 0.05) is 4.90 Å². The Morgan fingerprint density at radius 3 is 2.48 bits per heavy atom. The van der Waals surface area contributed by atoms with E-state index in [4.69, 9.17) is 4.74 Å². The molecule has 21 heavy (non-hydrogen) atoms. The van der Waals surface area contributed by atoms with Crippen LogP contribution in [0.1, 0.15) is 6.92 Å². The van der Waals surface area contributed by atoms with Crippen LogP contribution in [0.3, 0.4) is 0 Å². The quantitative estimate of drug-likeness (QED) is 0.850. The first-order chi connectivity index (χ1) is 10.1. The van der Waals surface area contributed by atoms with Crippen LogP contribution in [0.15, 0.2) is 53.4 Å². The van der Waals surface area contributed by atoms with Gasteiger partial charge in [0.25, 0.3) is 0 Å². The van der Waals surface area contributed by atoms with E-state index in [1.165, 1.54) is 23.9 Å². The van der Waals surface area contributed by atoms with Crippen molar-refractivity contribution in [3.05, 3.63) is 54.3 Å². The molecule has 1 atom stereocenters. The Kier molecular flexibility index (Phi) is 5.22. The van der Waals surface area contributed by atoms with Gasteiger partial charge >= 0.3 is 0 Å². The summed E-state index contributed by atoms with van der Waals surface area (Å²) in [5, 5.41) is 2.26. The highest BCUT2D eigenvalue weighted by molar-refractivity contribution is 8.00. The second kappa shape index (κ2) is 7.13. The van der Waals surface area contributed by atoms with Crippen molar-refractivity contribution in [2.24, 2.45) is 0 Å². The van der Waals surface area contributed by atoms with Gasteiger partial charge in [0.2, 0.25) is 5.91 Å². The van der Waals surface area contributed by atoms with Gasteiger partial charge in [-0.05, 0) is 43.3 Å². The van der Waals surface area contributed by atoms with Crippen LogP contribution >= 0.6 is 11.8 Å². The Bertz CT molecular complexity index is 616. The van der Waals surface area contributed by atoms with Crippen LogP contribution in [-0.2, 0) is 4.79 Å². The molecule has 0 aliphatic rings. The van der Waals surface area contributed by atoms with Gasteiger partial charge in [-0.2, -0.15) is 0 Å². The number of thioether (sulfide) groups is 1. The van der Waals surface area contributed by atoms with Gasteiger partial charge in [-0.15, -0.1) is 11.8 Å². The highest BCUT2D eigenvalue weighted by Gasteiger charge is 2.15. The van der Waals surface area contributed by atoms with Crippen LogP contribution < -0.4 is 10.1 Å². The number of rotatable bonds is 5. The smallest absolute Gasteiger partial charge is 0.237 e. The molecule has 2 aromatic carbocycles. The molecule has 1 N–H and O–H groups in total. The van der Waals surface area contributed by atoms with Gasteiger partial charge in [-0.1, -0.05) is 12.1 Å². The molecule has 110 valence electrons. The second-order valence-electron chi connectivity index (χ2n) is 4.40. The molecular formula is C16H16FNO2S. The van der Waals surface area contributed by atoms with E-state index in [-0.39, 0.29) is 16.8 Å². The Labute approximate surface area is 127 Å². The molecule has 5 heteroatoms. The number of hydrogen-bond acceptors (Lipinski definition) is 3. The largest absolute Gasteiger partial charge is 0.497 e. The molecule has 0 saturated carbocycles. The van der Waals surface area contributed by atoms with Gasteiger partial charge in [-0.3, -0.25) is 4.79 Å². The lowest BCUT2D eigenvalue weighted by atomic mass is 10.3. The van der Waals surface area contributed by atoms with Crippen LogP contribution in [0.5, 0.6) is 5.75 Å². The van der Waals surface area contributed by atoms with Crippen molar-refractivity contribution in [3.63, 3.8) is 0 Å². The summed E-state index contributed by atoms with van der Waals surface area (Å²) < 4.78 is 18.6. The van der Waals surface area contributed by atoms with Gasteiger partial charge < -0.3 is 10.1 Å². The predicted molar refractivity (Wildman–Crippen MR) is 83.3 cm³/mol. The first-order valence-corrected chi connectivity index (χ1v) is 7.34. The van der Waals surface area contributed by atoms with Gasteiger partial charge in [-0.25, -0.2) is 4.39 Å². The van der Waals surface area contributed by atoms with Crippen molar-refractivity contribution in [2.45, 2.75) is 17.1 Å². The minimum absolute atomic E-state index is 0.199. The van der Waals surface area contributed by atoms with E-state index in [2.05, 4.69) is 5.32 Å². The number of amides is 1. The maximum Gasteiger partial charge on any atom is 0.237 e. The van der Waals surface area contributed by atoms with Crippen molar-refractivity contribution in [2.75, 3.05) is 12.4 Å². The fourth-order valence-corrected chi connectivity index (χ4v) is 2.58. The van der Waals surface area contributed by atoms with Crippen LogP contribution in [0, 0.1) is 5.82 Å². The van der Waals surface area contributed by atoms with Gasteiger partial charge in [0.1, 0.15) is 11.6 Å². The highest BCUT2D eigenvalue weighted by atomic mass is 32.2. The number of para-hydroxylation sites is 1. The number of nitrogens with one attached hydrogen (secondary N) is 1. The summed E-state index contributed by atoms with van der Waals surface area (Å²) in [4.78, 5) is 13.0. The molecule has 0 radical (unpaired) electrons. The molecule has 0 fully saturated rings. The molecule has 0 spiro atoms. The zero-order valence-electron chi connectivity index (χ0n) is 11.8. The third-order valence-corrected chi connectivity index (χ3v) is 3.99. The monoisotopic (exact) mass is 305 g/mol. The number of benzene rings is 2. The van der Waals surface area contributed by atoms with Crippen LogP contribution in [0.25, 0.3) is 0 Å². The number of halogens is 1. The minimum Gasteiger partial charge on any atom is -0.497 e. The molecule has 0 aliphatic carbocycles. The molecular weight excluding hydrogens is 289 g/mol. The van der Waals surface area contributed by atoms with E-state index in [0.717, 1.165) is 10.6 Å². The molecule has 0 bridgehead atoms. The standard InChI is InChI=1S/C16H16FNO2S/c1-11(21-13-9-7-12(20-2)8-10-13)16(19)18-15-6-4-3-5-14(15)17/h3-11H,1-2H3,(H,18,19)/t11-/m1/s1. The molecule has 0 heterocycles. The predicted octanol–water partition coefficient (Wildman–Crippen LogP) is 3.95. The molecule has 0 saturated heterocycles. The summed E-state index contributed by atoms with van der Waals surface area (Å²) in [5.74, 6) is 0.0937. The fourth-order valence-electron chi connectivity index (χ4n) is 1.71. The van der Waals surface area contributed by atoms with Crippen molar-refractivity contribution in [1.82, 2.24) is 0 Å². The number of methoxy groups -OCH3 is 1. The molecule has 2 aromatic rings. The van der Waals surface area contributed by atoms with E-state index < -0.39 is 5.82 Å². The molecule has 0 unspecified atom stereocenters. The van der Waals surface area contributed by atoms with E-state index >= 15 is 0 Å². The average Bonchev–Trinajstić information content (AvgIpc) is 2.50. The fraction of sp³-hybridized carbons (Fsp3) is 0.188. The summed E-state index contributed by atoms with van der Waals surface area (Å²) in [6.07, 6.45) is 0. The summed E-state index contributed by atoms with van der Waals surface area (Å²) >= 11 is 1.41. The zero-order valence-corrected chi connectivity index (χ0v) is 12.6. The lowest BCUT2D eigenvalue weighted by Gasteiger charge is -2.12. The summed E-state index contributed by atoms with van der Waals surface area (Å²) in [7, 11) is 1.60. The Hall–Kier alpha value is -2.01. The van der Waals surface area contributed by atoms with E-state index in [1.54, 1.807) is 26.2 Å². The van der Waals surface area contributed by atoms with Gasteiger partial charge in [0.15, 0.2) is 0 Å². The summed E-state index contributed by atoms with van der Waals surface area (Å²) in [6.45, 7) is 1.78. The first-order valence-electron chi connectivity index (χ1n) is 6.46. The number of ether oxygens (including phenoxy) is 1. The van der Waals surface area contributed by atoms with E-state index in [1.807, 2.05) is 24.3 Å². The molecule has 1 amide bonds. The highest BCUT2D eigenvalue weighted by Crippen LogP contribution is 2.26. The molecule has 2 rings (SSSR count). The molecule has 0 aromatic heterocycles. The van der Waals surface area contributed by atoms with E-state index in [0.29, 0.717) is 0 Å². The SMILES string of the molecule is COc1ccc(S[C@H](C)C(=O)Nc2ccccc2F)cc1. The average molecular weight is 305 g/mol. The third kappa shape index (κ3) is 4.23. The Morgan fingerprint density at radius 2 is 1.86 bits per heavy atom. The lowest BCUT2D eigenvalue weighted by Crippen LogP contribution is -2.22.